The summed E-state index contributed by atoms with van der Waals surface area (Å²) >= 11 is 6.04. The fraction of sp³-hybridized carbons (Fsp3) is 0.500. The number of halogens is 1. The number of nitrogens with one attached hydrogen (secondary N) is 2. The molecule has 0 aromatic heterocycles. The first-order chi connectivity index (χ1) is 7.24. The van der Waals surface area contributed by atoms with Crippen LogP contribution in [0.15, 0.2) is 18.2 Å². The first-order valence-electron chi connectivity index (χ1n) is 5.40. The van der Waals surface area contributed by atoms with E-state index in [2.05, 4.69) is 29.7 Å². The molecule has 0 radical (unpaired) electrons. The van der Waals surface area contributed by atoms with Crippen molar-refractivity contribution in [3.05, 3.63) is 34.3 Å². The molecule has 0 unspecified atom stereocenters. The first-order valence-corrected chi connectivity index (χ1v) is 5.78. The highest BCUT2D eigenvalue weighted by molar-refractivity contribution is 6.31. The maximum absolute atomic E-state index is 6.04. The average Bonchev–Trinajstić information content (AvgIpc) is 2.23. The van der Waals surface area contributed by atoms with Crippen molar-refractivity contribution in [3.63, 3.8) is 0 Å². The Morgan fingerprint density at radius 2 is 1.93 bits per heavy atom. The zero-order valence-electron chi connectivity index (χ0n) is 9.44. The summed E-state index contributed by atoms with van der Waals surface area (Å²) < 4.78 is 0. The standard InChI is InChI=1S/C12H19ClN2/c1-3-14-6-7-15-9-11-5-4-10(2)12(13)8-11/h4-5,8,14-15H,3,6-7,9H2,1-2H3. The summed E-state index contributed by atoms with van der Waals surface area (Å²) in [5.41, 5.74) is 2.37. The highest BCUT2D eigenvalue weighted by atomic mass is 35.5. The number of hydrogen-bond donors (Lipinski definition) is 2. The van der Waals surface area contributed by atoms with Gasteiger partial charge in [-0.3, -0.25) is 0 Å². The summed E-state index contributed by atoms with van der Waals surface area (Å²) in [4.78, 5) is 0. The molecule has 2 N–H and O–H groups in total. The molecule has 1 aromatic carbocycles. The van der Waals surface area contributed by atoms with E-state index in [9.17, 15) is 0 Å². The number of benzene rings is 1. The van der Waals surface area contributed by atoms with Gasteiger partial charge in [0, 0.05) is 24.7 Å². The van der Waals surface area contributed by atoms with E-state index in [1.165, 1.54) is 5.56 Å². The molecular weight excluding hydrogens is 208 g/mol. The fourth-order valence-electron chi connectivity index (χ4n) is 1.33. The summed E-state index contributed by atoms with van der Waals surface area (Å²) in [5, 5.41) is 7.48. The van der Waals surface area contributed by atoms with Crippen LogP contribution in [0.5, 0.6) is 0 Å². The molecule has 0 bridgehead atoms. The molecule has 15 heavy (non-hydrogen) atoms. The minimum atomic E-state index is 0.848. The fourth-order valence-corrected chi connectivity index (χ4v) is 1.54. The Morgan fingerprint density at radius 3 is 2.60 bits per heavy atom. The van der Waals surface area contributed by atoms with Crippen LogP contribution in [0.2, 0.25) is 5.02 Å². The normalized spacial score (nSPS) is 10.6. The lowest BCUT2D eigenvalue weighted by Gasteiger charge is -2.06. The van der Waals surface area contributed by atoms with Gasteiger partial charge in [0.15, 0.2) is 0 Å². The predicted octanol–water partition coefficient (Wildman–Crippen LogP) is 2.35. The van der Waals surface area contributed by atoms with Crippen LogP contribution >= 0.6 is 11.6 Å². The van der Waals surface area contributed by atoms with E-state index in [1.54, 1.807) is 0 Å². The number of rotatable bonds is 6. The van der Waals surface area contributed by atoms with E-state index in [0.717, 1.165) is 36.8 Å². The lowest BCUT2D eigenvalue weighted by atomic mass is 10.1. The van der Waals surface area contributed by atoms with Crippen LogP contribution in [-0.4, -0.2) is 19.6 Å². The second-order valence-electron chi connectivity index (χ2n) is 3.61. The molecule has 0 spiro atoms. The monoisotopic (exact) mass is 226 g/mol. The molecule has 3 heteroatoms. The summed E-state index contributed by atoms with van der Waals surface area (Å²) in [5.74, 6) is 0. The molecule has 1 aromatic rings. The highest BCUT2D eigenvalue weighted by Crippen LogP contribution is 2.16. The zero-order valence-corrected chi connectivity index (χ0v) is 10.2. The van der Waals surface area contributed by atoms with E-state index in [0.29, 0.717) is 0 Å². The molecule has 0 aliphatic heterocycles. The van der Waals surface area contributed by atoms with Crippen LogP contribution < -0.4 is 10.6 Å². The van der Waals surface area contributed by atoms with Crippen molar-refractivity contribution in [3.8, 4) is 0 Å². The summed E-state index contributed by atoms with van der Waals surface area (Å²) in [7, 11) is 0. The Balaban J connectivity index is 2.28. The Kier molecular flexibility index (Phi) is 5.69. The Morgan fingerprint density at radius 1 is 1.20 bits per heavy atom. The topological polar surface area (TPSA) is 24.1 Å². The van der Waals surface area contributed by atoms with Crippen LogP contribution in [0.25, 0.3) is 0 Å². The molecule has 0 amide bonds. The number of aryl methyl sites for hydroxylation is 1. The number of likely N-dealkylation sites (N-methyl/N-ethyl adjacent to an activating group) is 1. The van der Waals surface area contributed by atoms with E-state index < -0.39 is 0 Å². The minimum absolute atomic E-state index is 0.848. The molecule has 0 atom stereocenters. The molecule has 0 aliphatic carbocycles. The van der Waals surface area contributed by atoms with E-state index in [1.807, 2.05) is 13.0 Å². The van der Waals surface area contributed by atoms with Crippen molar-refractivity contribution in [1.29, 1.82) is 0 Å². The summed E-state index contributed by atoms with van der Waals surface area (Å²) in [6, 6.07) is 6.20. The van der Waals surface area contributed by atoms with Gasteiger partial charge in [-0.2, -0.15) is 0 Å². The van der Waals surface area contributed by atoms with Crippen molar-refractivity contribution in [2.24, 2.45) is 0 Å². The molecule has 84 valence electrons. The van der Waals surface area contributed by atoms with Gasteiger partial charge in [0.2, 0.25) is 0 Å². The van der Waals surface area contributed by atoms with Gasteiger partial charge < -0.3 is 10.6 Å². The third-order valence-electron chi connectivity index (χ3n) is 2.29. The molecule has 0 saturated heterocycles. The minimum Gasteiger partial charge on any atom is -0.316 e. The molecule has 0 saturated carbocycles. The van der Waals surface area contributed by atoms with Crippen molar-refractivity contribution in [1.82, 2.24) is 10.6 Å². The van der Waals surface area contributed by atoms with E-state index in [-0.39, 0.29) is 0 Å². The Bertz CT molecular complexity index is 300. The van der Waals surface area contributed by atoms with Gasteiger partial charge >= 0.3 is 0 Å². The second-order valence-corrected chi connectivity index (χ2v) is 4.02. The third kappa shape index (κ3) is 4.65. The highest BCUT2D eigenvalue weighted by Gasteiger charge is 1.97. The second kappa shape index (κ2) is 6.83. The third-order valence-corrected chi connectivity index (χ3v) is 2.70. The van der Waals surface area contributed by atoms with Crippen molar-refractivity contribution in [2.45, 2.75) is 20.4 Å². The van der Waals surface area contributed by atoms with E-state index >= 15 is 0 Å². The van der Waals surface area contributed by atoms with Crippen LogP contribution in [0, 0.1) is 6.92 Å². The average molecular weight is 227 g/mol. The lowest BCUT2D eigenvalue weighted by molar-refractivity contribution is 0.625. The molecule has 0 heterocycles. The van der Waals surface area contributed by atoms with Crippen molar-refractivity contribution in [2.75, 3.05) is 19.6 Å². The van der Waals surface area contributed by atoms with Gasteiger partial charge in [0.1, 0.15) is 0 Å². The molecular formula is C12H19ClN2. The van der Waals surface area contributed by atoms with Gasteiger partial charge in [-0.25, -0.2) is 0 Å². The van der Waals surface area contributed by atoms with Crippen LogP contribution in [0.3, 0.4) is 0 Å². The van der Waals surface area contributed by atoms with Crippen LogP contribution in [0.1, 0.15) is 18.1 Å². The smallest absolute Gasteiger partial charge is 0.0438 e. The lowest BCUT2D eigenvalue weighted by Crippen LogP contribution is -2.26. The van der Waals surface area contributed by atoms with Crippen molar-refractivity contribution < 1.29 is 0 Å². The van der Waals surface area contributed by atoms with Gasteiger partial charge in [0.25, 0.3) is 0 Å². The summed E-state index contributed by atoms with van der Waals surface area (Å²) in [6.07, 6.45) is 0. The van der Waals surface area contributed by atoms with Gasteiger partial charge in [-0.05, 0) is 30.7 Å². The SMILES string of the molecule is CCNCCNCc1ccc(C)c(Cl)c1. The zero-order chi connectivity index (χ0) is 11.1. The largest absolute Gasteiger partial charge is 0.316 e. The molecule has 2 nitrogen and oxygen atoms in total. The Hall–Kier alpha value is -0.570. The van der Waals surface area contributed by atoms with Gasteiger partial charge in [-0.15, -0.1) is 0 Å². The van der Waals surface area contributed by atoms with Crippen molar-refractivity contribution >= 4 is 11.6 Å². The maximum atomic E-state index is 6.04. The van der Waals surface area contributed by atoms with Crippen LogP contribution in [-0.2, 0) is 6.54 Å². The predicted molar refractivity (Wildman–Crippen MR) is 66.4 cm³/mol. The first kappa shape index (κ1) is 12.5. The quantitative estimate of drug-likeness (QED) is 0.728. The molecule has 0 aliphatic rings. The Labute approximate surface area is 97.0 Å². The van der Waals surface area contributed by atoms with Gasteiger partial charge in [0.05, 0.1) is 0 Å². The molecule has 0 fully saturated rings. The molecule has 1 rings (SSSR count). The maximum Gasteiger partial charge on any atom is 0.0438 e. The van der Waals surface area contributed by atoms with Gasteiger partial charge in [-0.1, -0.05) is 30.7 Å². The number of hydrogen-bond acceptors (Lipinski definition) is 2. The van der Waals surface area contributed by atoms with E-state index in [4.69, 9.17) is 11.6 Å². The summed E-state index contributed by atoms with van der Waals surface area (Å²) in [6.45, 7) is 8.03. The van der Waals surface area contributed by atoms with Crippen LogP contribution in [0.4, 0.5) is 0 Å².